The van der Waals surface area contributed by atoms with Gasteiger partial charge in [0.25, 0.3) is 0 Å². The number of aromatic carboxylic acids is 1. The van der Waals surface area contributed by atoms with Crippen LogP contribution in [0.3, 0.4) is 0 Å². The summed E-state index contributed by atoms with van der Waals surface area (Å²) in [6.45, 7) is 0. The Bertz CT molecular complexity index is 704. The number of aromatic amines is 1. The Morgan fingerprint density at radius 3 is 2.47 bits per heavy atom. The van der Waals surface area contributed by atoms with Gasteiger partial charge in [-0.2, -0.15) is 5.10 Å². The van der Waals surface area contributed by atoms with E-state index in [0.717, 1.165) is 6.26 Å². The number of sulfonamides is 1. The second-order valence-electron chi connectivity index (χ2n) is 3.92. The molecule has 1 heterocycles. The van der Waals surface area contributed by atoms with Crippen molar-refractivity contribution < 1.29 is 18.3 Å². The van der Waals surface area contributed by atoms with Crippen molar-refractivity contribution in [1.82, 2.24) is 10.2 Å². The van der Waals surface area contributed by atoms with Gasteiger partial charge in [0, 0.05) is 11.3 Å². The molecule has 0 atom stereocenters. The number of nitrogens with zero attached hydrogens (tertiary/aromatic N) is 1. The zero-order valence-electron chi connectivity index (χ0n) is 9.91. The molecule has 2 rings (SSSR count). The summed E-state index contributed by atoms with van der Waals surface area (Å²) in [5, 5.41) is 15.3. The van der Waals surface area contributed by atoms with Crippen molar-refractivity contribution in [2.24, 2.45) is 0 Å². The first-order chi connectivity index (χ1) is 8.87. The number of carbonyl (C=O) groups is 1. The van der Waals surface area contributed by atoms with Crippen LogP contribution in [0.5, 0.6) is 0 Å². The molecule has 3 N–H and O–H groups in total. The lowest BCUT2D eigenvalue weighted by Crippen LogP contribution is -2.09. The van der Waals surface area contributed by atoms with Crippen LogP contribution in [0.1, 0.15) is 10.4 Å². The van der Waals surface area contributed by atoms with Crippen LogP contribution in [0.25, 0.3) is 11.3 Å². The highest BCUT2D eigenvalue weighted by Crippen LogP contribution is 2.23. The number of aromatic nitrogens is 2. The summed E-state index contributed by atoms with van der Waals surface area (Å²) >= 11 is 0. The number of nitrogens with one attached hydrogen (secondary N) is 2. The molecule has 100 valence electrons. The van der Waals surface area contributed by atoms with Gasteiger partial charge in [-0.1, -0.05) is 12.1 Å². The van der Waals surface area contributed by atoms with E-state index in [2.05, 4.69) is 14.9 Å². The summed E-state index contributed by atoms with van der Waals surface area (Å²) in [6, 6.07) is 6.30. The van der Waals surface area contributed by atoms with Crippen molar-refractivity contribution in [2.45, 2.75) is 0 Å². The van der Waals surface area contributed by atoms with Gasteiger partial charge in [-0.05, 0) is 12.1 Å². The van der Waals surface area contributed by atoms with Crippen LogP contribution in [0.2, 0.25) is 0 Å². The molecule has 0 saturated carbocycles. The van der Waals surface area contributed by atoms with Crippen LogP contribution in [0.4, 0.5) is 5.69 Å². The van der Waals surface area contributed by atoms with Gasteiger partial charge in [0.05, 0.1) is 18.1 Å². The second kappa shape index (κ2) is 4.73. The highest BCUT2D eigenvalue weighted by atomic mass is 32.2. The third kappa shape index (κ3) is 3.10. The van der Waals surface area contributed by atoms with E-state index in [4.69, 9.17) is 5.11 Å². The molecule has 0 radical (unpaired) electrons. The number of rotatable bonds is 4. The number of H-pyrrole nitrogens is 1. The Morgan fingerprint density at radius 1 is 1.32 bits per heavy atom. The first-order valence-corrected chi connectivity index (χ1v) is 7.11. The number of hydrogen-bond acceptors (Lipinski definition) is 4. The molecule has 0 aliphatic rings. The second-order valence-corrected chi connectivity index (χ2v) is 5.66. The third-order valence-corrected chi connectivity index (χ3v) is 2.95. The molecule has 0 aliphatic carbocycles. The molecule has 0 spiro atoms. The molecule has 7 nitrogen and oxygen atoms in total. The van der Waals surface area contributed by atoms with Gasteiger partial charge in [0.2, 0.25) is 10.0 Å². The minimum absolute atomic E-state index is 0.0591. The first-order valence-electron chi connectivity index (χ1n) is 5.22. The maximum Gasteiger partial charge on any atom is 0.339 e. The van der Waals surface area contributed by atoms with Crippen molar-refractivity contribution in [3.05, 3.63) is 36.0 Å². The average Bonchev–Trinajstić information content (AvgIpc) is 2.76. The maximum absolute atomic E-state index is 11.1. The van der Waals surface area contributed by atoms with E-state index in [1.165, 1.54) is 6.20 Å². The molecular formula is C11H11N3O4S. The van der Waals surface area contributed by atoms with E-state index in [0.29, 0.717) is 16.9 Å². The highest BCUT2D eigenvalue weighted by Gasteiger charge is 2.13. The normalized spacial score (nSPS) is 11.2. The van der Waals surface area contributed by atoms with Gasteiger partial charge < -0.3 is 5.11 Å². The SMILES string of the molecule is CS(=O)(=O)Nc1ccc(-c2[nH]ncc2C(=O)O)cc1. The lowest BCUT2D eigenvalue weighted by molar-refractivity contribution is 0.0698. The molecule has 1 aromatic carbocycles. The third-order valence-electron chi connectivity index (χ3n) is 2.35. The zero-order valence-corrected chi connectivity index (χ0v) is 10.7. The fourth-order valence-electron chi connectivity index (χ4n) is 1.59. The summed E-state index contributed by atoms with van der Waals surface area (Å²) in [7, 11) is -3.33. The predicted octanol–water partition coefficient (Wildman–Crippen LogP) is 1.15. The number of anilines is 1. The van der Waals surface area contributed by atoms with Crippen LogP contribution in [0.15, 0.2) is 30.5 Å². The van der Waals surface area contributed by atoms with Crippen LogP contribution < -0.4 is 4.72 Å². The fourth-order valence-corrected chi connectivity index (χ4v) is 2.15. The zero-order chi connectivity index (χ0) is 14.0. The monoisotopic (exact) mass is 281 g/mol. The summed E-state index contributed by atoms with van der Waals surface area (Å²) in [5.74, 6) is -1.08. The predicted molar refractivity (Wildman–Crippen MR) is 69.4 cm³/mol. The van der Waals surface area contributed by atoms with Gasteiger partial charge in [0.1, 0.15) is 5.56 Å². The number of hydrogen-bond donors (Lipinski definition) is 3. The fraction of sp³-hybridized carbons (Fsp3) is 0.0909. The lowest BCUT2D eigenvalue weighted by atomic mass is 10.1. The highest BCUT2D eigenvalue weighted by molar-refractivity contribution is 7.92. The molecular weight excluding hydrogens is 270 g/mol. The van der Waals surface area contributed by atoms with Crippen molar-refractivity contribution in [1.29, 1.82) is 0 Å². The molecule has 8 heteroatoms. The molecule has 0 amide bonds. The van der Waals surface area contributed by atoms with Gasteiger partial charge in [0.15, 0.2) is 0 Å². The lowest BCUT2D eigenvalue weighted by Gasteiger charge is -2.05. The van der Waals surface area contributed by atoms with Gasteiger partial charge >= 0.3 is 5.97 Å². The Hall–Kier alpha value is -2.35. The molecule has 19 heavy (non-hydrogen) atoms. The van der Waals surface area contributed by atoms with E-state index < -0.39 is 16.0 Å². The molecule has 0 aliphatic heterocycles. The van der Waals surface area contributed by atoms with Crippen molar-refractivity contribution >= 4 is 21.7 Å². The molecule has 1 aromatic heterocycles. The van der Waals surface area contributed by atoms with E-state index in [-0.39, 0.29) is 5.56 Å². The molecule has 0 fully saturated rings. The first kappa shape index (κ1) is 13.1. The summed E-state index contributed by atoms with van der Waals surface area (Å²) in [5.41, 5.74) is 1.44. The minimum atomic E-state index is -3.33. The van der Waals surface area contributed by atoms with E-state index >= 15 is 0 Å². The Kier molecular flexibility index (Phi) is 3.26. The Labute approximate surface area is 109 Å². The van der Waals surface area contributed by atoms with E-state index in [9.17, 15) is 13.2 Å². The van der Waals surface area contributed by atoms with Gasteiger partial charge in [-0.25, -0.2) is 13.2 Å². The van der Waals surface area contributed by atoms with Crippen LogP contribution in [-0.2, 0) is 10.0 Å². The largest absolute Gasteiger partial charge is 0.478 e. The van der Waals surface area contributed by atoms with Gasteiger partial charge in [-0.15, -0.1) is 0 Å². The van der Waals surface area contributed by atoms with Gasteiger partial charge in [-0.3, -0.25) is 9.82 Å². The van der Waals surface area contributed by atoms with Crippen molar-refractivity contribution in [2.75, 3.05) is 11.0 Å². The molecule has 0 bridgehead atoms. The van der Waals surface area contributed by atoms with Crippen LogP contribution >= 0.6 is 0 Å². The summed E-state index contributed by atoms with van der Waals surface area (Å²) in [6.07, 6.45) is 2.28. The molecule has 2 aromatic rings. The molecule has 0 unspecified atom stereocenters. The maximum atomic E-state index is 11.1. The van der Waals surface area contributed by atoms with Crippen molar-refractivity contribution in [3.63, 3.8) is 0 Å². The van der Waals surface area contributed by atoms with E-state index in [1.54, 1.807) is 24.3 Å². The summed E-state index contributed by atoms with van der Waals surface area (Å²) in [4.78, 5) is 11.0. The number of benzene rings is 1. The van der Waals surface area contributed by atoms with Crippen LogP contribution in [0, 0.1) is 0 Å². The Morgan fingerprint density at radius 2 is 1.95 bits per heavy atom. The number of carboxylic acid groups (broad SMARTS) is 1. The summed E-state index contributed by atoms with van der Waals surface area (Å²) < 4.78 is 24.4. The van der Waals surface area contributed by atoms with Crippen molar-refractivity contribution in [3.8, 4) is 11.3 Å². The quantitative estimate of drug-likeness (QED) is 0.778. The Balaban J connectivity index is 2.33. The van der Waals surface area contributed by atoms with Crippen LogP contribution in [-0.4, -0.2) is 35.9 Å². The number of carboxylic acids is 1. The molecule has 0 saturated heterocycles. The topological polar surface area (TPSA) is 112 Å². The standard InChI is InChI=1S/C11H11N3O4S/c1-19(17,18)14-8-4-2-7(3-5-8)10-9(11(15)16)6-12-13-10/h2-6,14H,1H3,(H,12,13)(H,15,16). The average molecular weight is 281 g/mol. The minimum Gasteiger partial charge on any atom is -0.478 e. The van der Waals surface area contributed by atoms with E-state index in [1.807, 2.05) is 0 Å². The smallest absolute Gasteiger partial charge is 0.339 e.